The number of piperidine rings is 2. The molecule has 0 radical (unpaired) electrons. The van der Waals surface area contributed by atoms with Gasteiger partial charge in [-0.15, -0.1) is 0 Å². The first-order valence-corrected chi connectivity index (χ1v) is 12.5. The number of carbonyl (C=O) groups excluding carboxylic acids is 1. The quantitative estimate of drug-likeness (QED) is 0.691. The Morgan fingerprint density at radius 2 is 1.69 bits per heavy atom. The van der Waals surface area contributed by atoms with Crippen LogP contribution in [0, 0.1) is 6.92 Å². The van der Waals surface area contributed by atoms with Crippen LogP contribution >= 0.6 is 0 Å². The summed E-state index contributed by atoms with van der Waals surface area (Å²) < 4.78 is 39.6. The molecule has 2 aromatic rings. The first-order chi connectivity index (χ1) is 16.7. The lowest BCUT2D eigenvalue weighted by molar-refractivity contribution is -0.137. The fraction of sp³-hybridized carbons (Fsp3) is 0.577. The molecule has 1 saturated carbocycles. The normalized spacial score (nSPS) is 20.9. The Kier molecular flexibility index (Phi) is 6.57. The van der Waals surface area contributed by atoms with Gasteiger partial charge in [0.1, 0.15) is 0 Å². The van der Waals surface area contributed by atoms with E-state index in [9.17, 15) is 23.1 Å². The second-order valence-electron chi connectivity index (χ2n) is 10.0. The second kappa shape index (κ2) is 9.50. The zero-order chi connectivity index (χ0) is 24.7. The van der Waals surface area contributed by atoms with Crippen LogP contribution in [0.15, 0.2) is 24.3 Å². The molecule has 1 N–H and O–H groups in total. The van der Waals surface area contributed by atoms with Crippen LogP contribution in [0.5, 0.6) is 0 Å². The molecule has 1 aromatic heterocycles. The Labute approximate surface area is 203 Å². The average molecular weight is 489 g/mol. The smallest absolute Gasteiger partial charge is 0.393 e. The van der Waals surface area contributed by atoms with Gasteiger partial charge in [-0.25, -0.2) is 9.97 Å². The van der Waals surface area contributed by atoms with Gasteiger partial charge in [0.05, 0.1) is 28.6 Å². The van der Waals surface area contributed by atoms with E-state index < -0.39 is 11.7 Å². The van der Waals surface area contributed by atoms with E-state index in [1.165, 1.54) is 6.07 Å². The lowest BCUT2D eigenvalue weighted by Crippen LogP contribution is -2.49. The number of aryl methyl sites for hydroxylation is 1. The predicted octanol–water partition coefficient (Wildman–Crippen LogP) is 4.41. The van der Waals surface area contributed by atoms with Gasteiger partial charge >= 0.3 is 6.18 Å². The first kappa shape index (κ1) is 24.2. The summed E-state index contributed by atoms with van der Waals surface area (Å²) >= 11 is 0. The van der Waals surface area contributed by atoms with Gasteiger partial charge in [-0.05, 0) is 57.6 Å². The first-order valence-electron chi connectivity index (χ1n) is 12.5. The van der Waals surface area contributed by atoms with E-state index in [1.807, 2.05) is 4.90 Å². The summed E-state index contributed by atoms with van der Waals surface area (Å²) in [5, 5.41) is 9.77. The van der Waals surface area contributed by atoms with E-state index in [-0.39, 0.29) is 23.8 Å². The minimum absolute atomic E-state index is 0.0764. The highest BCUT2D eigenvalue weighted by Crippen LogP contribution is 2.42. The third-order valence-electron chi connectivity index (χ3n) is 7.51. The van der Waals surface area contributed by atoms with Crippen LogP contribution < -0.4 is 0 Å². The van der Waals surface area contributed by atoms with E-state index >= 15 is 0 Å². The fourth-order valence-corrected chi connectivity index (χ4v) is 5.32. The highest BCUT2D eigenvalue weighted by molar-refractivity contribution is 5.97. The topological polar surface area (TPSA) is 69.6 Å². The van der Waals surface area contributed by atoms with Crippen molar-refractivity contribution in [3.8, 4) is 11.4 Å². The fourth-order valence-electron chi connectivity index (χ4n) is 5.32. The molecule has 3 aliphatic rings. The standard InChI is InChI=1S/C26H31F3N4O2/c1-16-22(25(35)33-11-7-20(8-12-33)32-13-9-21(34)10-14-32)23(17-5-6-17)31-24(30-16)18-3-2-4-19(15-18)26(27,28)29/h2-4,15,17,20-21,34H,5-14H2,1H3. The van der Waals surface area contributed by atoms with Crippen molar-refractivity contribution in [1.82, 2.24) is 19.8 Å². The van der Waals surface area contributed by atoms with E-state index in [1.54, 1.807) is 13.0 Å². The Morgan fingerprint density at radius 3 is 2.31 bits per heavy atom. The number of rotatable bonds is 4. The summed E-state index contributed by atoms with van der Waals surface area (Å²) in [6, 6.07) is 5.46. The molecule has 9 heteroatoms. The van der Waals surface area contributed by atoms with Gasteiger partial charge in [-0.2, -0.15) is 13.2 Å². The Balaban J connectivity index is 1.35. The summed E-state index contributed by atoms with van der Waals surface area (Å²) in [6.45, 7) is 4.86. The van der Waals surface area contributed by atoms with Crippen molar-refractivity contribution in [1.29, 1.82) is 0 Å². The van der Waals surface area contributed by atoms with E-state index in [0.717, 1.165) is 63.7 Å². The predicted molar refractivity (Wildman–Crippen MR) is 125 cm³/mol. The number of aliphatic hydroxyl groups excluding tert-OH is 1. The summed E-state index contributed by atoms with van der Waals surface area (Å²) in [5.41, 5.74) is 1.27. The molecule has 0 unspecified atom stereocenters. The van der Waals surface area contributed by atoms with Gasteiger partial charge in [0.2, 0.25) is 0 Å². The number of carbonyl (C=O) groups is 1. The van der Waals surface area contributed by atoms with Crippen LogP contribution in [0.1, 0.15) is 71.8 Å². The molecule has 35 heavy (non-hydrogen) atoms. The molecule has 3 heterocycles. The lowest BCUT2D eigenvalue weighted by Gasteiger charge is -2.41. The zero-order valence-electron chi connectivity index (χ0n) is 19.9. The zero-order valence-corrected chi connectivity index (χ0v) is 19.9. The molecule has 188 valence electrons. The van der Waals surface area contributed by atoms with Gasteiger partial charge < -0.3 is 14.9 Å². The summed E-state index contributed by atoms with van der Waals surface area (Å²) in [4.78, 5) is 27.0. The Morgan fingerprint density at radius 1 is 1.00 bits per heavy atom. The van der Waals surface area contributed by atoms with Crippen molar-refractivity contribution >= 4 is 5.91 Å². The van der Waals surface area contributed by atoms with Crippen LogP contribution in [0.25, 0.3) is 11.4 Å². The van der Waals surface area contributed by atoms with Crippen LogP contribution in [0.3, 0.4) is 0 Å². The second-order valence-corrected chi connectivity index (χ2v) is 10.0. The maximum absolute atomic E-state index is 13.6. The summed E-state index contributed by atoms with van der Waals surface area (Å²) in [5.74, 6) is 0.308. The highest BCUT2D eigenvalue weighted by Gasteiger charge is 2.36. The van der Waals surface area contributed by atoms with Crippen LogP contribution in [-0.4, -0.2) is 69.1 Å². The van der Waals surface area contributed by atoms with Gasteiger partial charge in [0.25, 0.3) is 5.91 Å². The molecule has 5 rings (SSSR count). The minimum atomic E-state index is -4.44. The molecule has 0 spiro atoms. The van der Waals surface area contributed by atoms with Gasteiger partial charge in [0.15, 0.2) is 5.82 Å². The largest absolute Gasteiger partial charge is 0.416 e. The third-order valence-corrected chi connectivity index (χ3v) is 7.51. The molecule has 0 bridgehead atoms. The molecule has 2 saturated heterocycles. The third kappa shape index (κ3) is 5.21. The SMILES string of the molecule is Cc1nc(-c2cccc(C(F)(F)F)c2)nc(C2CC2)c1C(=O)N1CCC(N2CCC(O)CC2)CC1. The number of aliphatic hydroxyl groups is 1. The molecule has 2 aliphatic heterocycles. The number of alkyl halides is 3. The monoisotopic (exact) mass is 488 g/mol. The maximum atomic E-state index is 13.6. The van der Waals surface area contributed by atoms with Crippen LogP contribution in [0.2, 0.25) is 0 Å². The Bertz CT molecular complexity index is 1090. The molecular weight excluding hydrogens is 457 g/mol. The molecule has 1 amide bonds. The summed E-state index contributed by atoms with van der Waals surface area (Å²) in [6.07, 6.45) is 0.586. The summed E-state index contributed by atoms with van der Waals surface area (Å²) in [7, 11) is 0. The van der Waals surface area contributed by atoms with E-state index in [4.69, 9.17) is 0 Å². The van der Waals surface area contributed by atoms with Crippen molar-refractivity contribution in [3.63, 3.8) is 0 Å². The number of benzene rings is 1. The molecule has 3 fully saturated rings. The van der Waals surface area contributed by atoms with E-state index in [0.29, 0.717) is 41.6 Å². The van der Waals surface area contributed by atoms with Gasteiger partial charge in [-0.1, -0.05) is 12.1 Å². The molecule has 1 aromatic carbocycles. The van der Waals surface area contributed by atoms with Gasteiger partial charge in [-0.3, -0.25) is 4.79 Å². The van der Waals surface area contributed by atoms with Crippen LogP contribution in [0.4, 0.5) is 13.2 Å². The Hall–Kier alpha value is -2.52. The van der Waals surface area contributed by atoms with E-state index in [2.05, 4.69) is 14.9 Å². The minimum Gasteiger partial charge on any atom is -0.393 e. The lowest BCUT2D eigenvalue weighted by atomic mass is 9.97. The number of hydrogen-bond acceptors (Lipinski definition) is 5. The molecular formula is C26H31F3N4O2. The molecule has 0 atom stereocenters. The maximum Gasteiger partial charge on any atom is 0.416 e. The van der Waals surface area contributed by atoms with Crippen molar-refractivity contribution in [2.24, 2.45) is 0 Å². The van der Waals surface area contributed by atoms with Crippen molar-refractivity contribution in [2.75, 3.05) is 26.2 Å². The number of likely N-dealkylation sites (tertiary alicyclic amines) is 2. The number of hydrogen-bond donors (Lipinski definition) is 1. The van der Waals surface area contributed by atoms with Crippen molar-refractivity contribution < 1.29 is 23.1 Å². The van der Waals surface area contributed by atoms with Crippen LogP contribution in [-0.2, 0) is 6.18 Å². The molecule has 1 aliphatic carbocycles. The highest BCUT2D eigenvalue weighted by atomic mass is 19.4. The number of halogens is 3. The van der Waals surface area contributed by atoms with Crippen molar-refractivity contribution in [2.45, 2.75) is 69.7 Å². The number of aromatic nitrogens is 2. The van der Waals surface area contributed by atoms with Gasteiger partial charge in [0, 0.05) is 43.7 Å². The average Bonchev–Trinajstić information content (AvgIpc) is 3.69. The number of nitrogens with zero attached hydrogens (tertiary/aromatic N) is 4. The molecule has 6 nitrogen and oxygen atoms in total. The number of amides is 1. The van der Waals surface area contributed by atoms with Crippen molar-refractivity contribution in [3.05, 3.63) is 46.8 Å².